The van der Waals surface area contributed by atoms with Crippen LogP contribution in [0.2, 0.25) is 5.02 Å². The largest absolute Gasteiger partial charge is 0.394 e. The Bertz CT molecular complexity index is 344. The first-order chi connectivity index (χ1) is 7.69. The van der Waals surface area contributed by atoms with Crippen LogP contribution in [0.5, 0.6) is 0 Å². The molecule has 0 saturated carbocycles. The Hall–Kier alpha value is -0.810. The highest BCUT2D eigenvalue weighted by Gasteiger charge is 2.33. The average Bonchev–Trinajstić information content (AvgIpc) is 2.62. The SMILES string of the molecule is OC[C@@H]1O[C@H](Nc2ccc(Cl)cc2)C[C@H]1O. The summed E-state index contributed by atoms with van der Waals surface area (Å²) in [5, 5.41) is 22.2. The van der Waals surface area contributed by atoms with Gasteiger partial charge in [-0.15, -0.1) is 0 Å². The van der Waals surface area contributed by atoms with E-state index < -0.39 is 12.2 Å². The van der Waals surface area contributed by atoms with Gasteiger partial charge in [0, 0.05) is 17.1 Å². The molecule has 3 atom stereocenters. The fraction of sp³-hybridized carbons (Fsp3) is 0.455. The van der Waals surface area contributed by atoms with Crippen molar-refractivity contribution in [1.82, 2.24) is 0 Å². The number of benzene rings is 1. The van der Waals surface area contributed by atoms with E-state index in [-0.39, 0.29) is 12.8 Å². The van der Waals surface area contributed by atoms with Gasteiger partial charge >= 0.3 is 0 Å². The maximum atomic E-state index is 9.54. The molecular formula is C11H14ClNO3. The summed E-state index contributed by atoms with van der Waals surface area (Å²) < 4.78 is 5.41. The van der Waals surface area contributed by atoms with Crippen LogP contribution >= 0.6 is 11.6 Å². The van der Waals surface area contributed by atoms with Crippen LogP contribution in [0, 0.1) is 0 Å². The van der Waals surface area contributed by atoms with E-state index in [0.717, 1.165) is 5.69 Å². The highest BCUT2D eigenvalue weighted by Crippen LogP contribution is 2.22. The minimum atomic E-state index is -0.616. The Morgan fingerprint density at radius 3 is 2.62 bits per heavy atom. The van der Waals surface area contributed by atoms with Gasteiger partial charge in [-0.2, -0.15) is 0 Å². The van der Waals surface area contributed by atoms with Crippen molar-refractivity contribution in [3.05, 3.63) is 29.3 Å². The fourth-order valence-electron chi connectivity index (χ4n) is 1.72. The molecular weight excluding hydrogens is 230 g/mol. The Kier molecular flexibility index (Phi) is 3.66. The number of rotatable bonds is 3. The van der Waals surface area contributed by atoms with Crippen LogP contribution in [-0.2, 0) is 4.74 Å². The van der Waals surface area contributed by atoms with Gasteiger partial charge in [-0.25, -0.2) is 0 Å². The minimum absolute atomic E-state index is 0.167. The van der Waals surface area contributed by atoms with E-state index in [2.05, 4.69) is 5.32 Å². The lowest BCUT2D eigenvalue weighted by atomic mass is 10.2. The van der Waals surface area contributed by atoms with Crippen molar-refractivity contribution in [2.75, 3.05) is 11.9 Å². The molecule has 1 aliphatic heterocycles. The van der Waals surface area contributed by atoms with Crippen molar-refractivity contribution in [2.24, 2.45) is 0 Å². The highest BCUT2D eigenvalue weighted by atomic mass is 35.5. The van der Waals surface area contributed by atoms with Crippen LogP contribution < -0.4 is 5.32 Å². The molecule has 3 N–H and O–H groups in total. The van der Waals surface area contributed by atoms with E-state index in [0.29, 0.717) is 11.4 Å². The summed E-state index contributed by atoms with van der Waals surface area (Å²) in [6, 6.07) is 7.23. The normalized spacial score (nSPS) is 29.3. The number of anilines is 1. The molecule has 4 nitrogen and oxygen atoms in total. The van der Waals surface area contributed by atoms with Crippen LogP contribution in [-0.4, -0.2) is 35.3 Å². The molecule has 0 aliphatic carbocycles. The van der Waals surface area contributed by atoms with Gasteiger partial charge in [-0.1, -0.05) is 11.6 Å². The maximum Gasteiger partial charge on any atom is 0.130 e. The molecule has 0 radical (unpaired) electrons. The van der Waals surface area contributed by atoms with Crippen molar-refractivity contribution in [1.29, 1.82) is 0 Å². The Labute approximate surface area is 98.8 Å². The van der Waals surface area contributed by atoms with Gasteiger partial charge in [0.15, 0.2) is 0 Å². The molecule has 5 heteroatoms. The summed E-state index contributed by atoms with van der Waals surface area (Å²) in [6.45, 7) is -0.167. The number of hydrogen-bond donors (Lipinski definition) is 3. The van der Waals surface area contributed by atoms with Gasteiger partial charge < -0.3 is 20.3 Å². The zero-order valence-corrected chi connectivity index (χ0v) is 9.39. The van der Waals surface area contributed by atoms with E-state index in [1.165, 1.54) is 0 Å². The van der Waals surface area contributed by atoms with Crippen LogP contribution in [0.3, 0.4) is 0 Å². The van der Waals surface area contributed by atoms with E-state index >= 15 is 0 Å². The number of halogens is 1. The lowest BCUT2D eigenvalue weighted by Gasteiger charge is -2.14. The zero-order chi connectivity index (χ0) is 11.5. The smallest absolute Gasteiger partial charge is 0.130 e. The second kappa shape index (κ2) is 5.01. The number of nitrogens with one attached hydrogen (secondary N) is 1. The number of ether oxygens (including phenoxy) is 1. The molecule has 1 aromatic carbocycles. The van der Waals surface area contributed by atoms with E-state index in [4.69, 9.17) is 21.4 Å². The number of aliphatic hydroxyl groups excluding tert-OH is 2. The molecule has 88 valence electrons. The van der Waals surface area contributed by atoms with Gasteiger partial charge in [-0.05, 0) is 24.3 Å². The van der Waals surface area contributed by atoms with Crippen LogP contribution in [0.1, 0.15) is 6.42 Å². The summed E-state index contributed by atoms with van der Waals surface area (Å²) in [5.41, 5.74) is 0.875. The van der Waals surface area contributed by atoms with E-state index in [9.17, 15) is 5.11 Å². The summed E-state index contributed by atoms with van der Waals surface area (Å²) >= 11 is 5.77. The van der Waals surface area contributed by atoms with E-state index in [1.54, 1.807) is 12.1 Å². The lowest BCUT2D eigenvalue weighted by molar-refractivity contribution is -0.0149. The molecule has 1 heterocycles. The molecule has 1 aliphatic rings. The summed E-state index contributed by atoms with van der Waals surface area (Å²) in [6.07, 6.45) is -0.915. The van der Waals surface area contributed by atoms with Crippen LogP contribution in [0.15, 0.2) is 24.3 Å². The van der Waals surface area contributed by atoms with Crippen LogP contribution in [0.25, 0.3) is 0 Å². The van der Waals surface area contributed by atoms with Crippen molar-refractivity contribution in [2.45, 2.75) is 24.9 Å². The number of aliphatic hydroxyl groups is 2. The van der Waals surface area contributed by atoms with Crippen molar-refractivity contribution < 1.29 is 14.9 Å². The topological polar surface area (TPSA) is 61.7 Å². The summed E-state index contributed by atoms with van der Waals surface area (Å²) in [5.74, 6) is 0. The van der Waals surface area contributed by atoms with Crippen molar-refractivity contribution in [3.8, 4) is 0 Å². The predicted octanol–water partition coefficient (Wildman–Crippen LogP) is 1.22. The van der Waals surface area contributed by atoms with Gasteiger partial charge in [0.2, 0.25) is 0 Å². The Morgan fingerprint density at radius 1 is 1.38 bits per heavy atom. The molecule has 16 heavy (non-hydrogen) atoms. The first-order valence-corrected chi connectivity index (χ1v) is 5.53. The van der Waals surface area contributed by atoms with Crippen LogP contribution in [0.4, 0.5) is 5.69 Å². The molecule has 1 fully saturated rings. The summed E-state index contributed by atoms with van der Waals surface area (Å²) in [4.78, 5) is 0. The fourth-order valence-corrected chi connectivity index (χ4v) is 1.84. The Morgan fingerprint density at radius 2 is 2.06 bits per heavy atom. The van der Waals surface area contributed by atoms with Gasteiger partial charge in [-0.3, -0.25) is 0 Å². The average molecular weight is 244 g/mol. The first kappa shape index (κ1) is 11.7. The monoisotopic (exact) mass is 243 g/mol. The predicted molar refractivity (Wildman–Crippen MR) is 61.4 cm³/mol. The highest BCUT2D eigenvalue weighted by molar-refractivity contribution is 6.30. The van der Waals surface area contributed by atoms with Gasteiger partial charge in [0.25, 0.3) is 0 Å². The number of hydrogen-bond acceptors (Lipinski definition) is 4. The molecule has 2 rings (SSSR count). The van der Waals surface area contributed by atoms with E-state index in [1.807, 2.05) is 12.1 Å². The zero-order valence-electron chi connectivity index (χ0n) is 8.64. The third kappa shape index (κ3) is 2.65. The summed E-state index contributed by atoms with van der Waals surface area (Å²) in [7, 11) is 0. The standard InChI is InChI=1S/C11H14ClNO3/c12-7-1-3-8(4-2-7)13-11-5-9(15)10(6-14)16-11/h1-4,9-11,13-15H,5-6H2/t9-,10+,11+/m1/s1. The van der Waals surface area contributed by atoms with Crippen molar-refractivity contribution in [3.63, 3.8) is 0 Å². The molecule has 0 spiro atoms. The molecule has 0 aromatic heterocycles. The molecule has 1 aromatic rings. The quantitative estimate of drug-likeness (QED) is 0.747. The molecule has 0 amide bonds. The lowest BCUT2D eigenvalue weighted by Crippen LogP contribution is -2.25. The van der Waals surface area contributed by atoms with Gasteiger partial charge in [0.1, 0.15) is 12.3 Å². The second-order valence-electron chi connectivity index (χ2n) is 3.80. The minimum Gasteiger partial charge on any atom is -0.394 e. The Balaban J connectivity index is 1.94. The molecule has 1 saturated heterocycles. The third-order valence-corrected chi connectivity index (χ3v) is 2.83. The van der Waals surface area contributed by atoms with Gasteiger partial charge in [0.05, 0.1) is 12.7 Å². The molecule has 0 bridgehead atoms. The maximum absolute atomic E-state index is 9.54. The first-order valence-electron chi connectivity index (χ1n) is 5.15. The molecule has 0 unspecified atom stereocenters. The van der Waals surface area contributed by atoms with Crippen molar-refractivity contribution >= 4 is 17.3 Å². The third-order valence-electron chi connectivity index (χ3n) is 2.58. The second-order valence-corrected chi connectivity index (χ2v) is 4.24.